The van der Waals surface area contributed by atoms with Gasteiger partial charge in [0, 0.05) is 19.5 Å². The van der Waals surface area contributed by atoms with Crippen LogP contribution in [-0.4, -0.2) is 44.0 Å². The number of carbonyl (C=O) groups is 1. The second-order valence-corrected chi connectivity index (χ2v) is 4.31. The van der Waals surface area contributed by atoms with Crippen molar-refractivity contribution in [1.82, 2.24) is 15.8 Å². The van der Waals surface area contributed by atoms with Crippen molar-refractivity contribution < 1.29 is 4.79 Å². The molecular formula is C10H22N4O. The highest BCUT2D eigenvalue weighted by molar-refractivity contribution is 5.75. The maximum atomic E-state index is 11.3. The van der Waals surface area contributed by atoms with Crippen LogP contribution in [-0.2, 0) is 4.79 Å². The SMILES string of the molecule is CNNC(=O)CC(N)C1CCN(C)CC1. The van der Waals surface area contributed by atoms with Gasteiger partial charge in [0.1, 0.15) is 0 Å². The van der Waals surface area contributed by atoms with E-state index in [4.69, 9.17) is 5.73 Å². The highest BCUT2D eigenvalue weighted by Gasteiger charge is 2.24. The second kappa shape index (κ2) is 6.05. The lowest BCUT2D eigenvalue weighted by Crippen LogP contribution is -2.44. The van der Waals surface area contributed by atoms with Gasteiger partial charge in [0.2, 0.25) is 5.91 Å². The summed E-state index contributed by atoms with van der Waals surface area (Å²) in [5.41, 5.74) is 11.2. The largest absolute Gasteiger partial charge is 0.327 e. The van der Waals surface area contributed by atoms with E-state index in [9.17, 15) is 4.79 Å². The summed E-state index contributed by atoms with van der Waals surface area (Å²) < 4.78 is 0. The molecule has 0 aromatic heterocycles. The van der Waals surface area contributed by atoms with Crippen molar-refractivity contribution in [2.75, 3.05) is 27.2 Å². The Morgan fingerprint density at radius 1 is 1.53 bits per heavy atom. The highest BCUT2D eigenvalue weighted by atomic mass is 16.2. The third-order valence-corrected chi connectivity index (χ3v) is 3.05. The summed E-state index contributed by atoms with van der Waals surface area (Å²) in [6, 6.07) is -0.00736. The molecule has 0 bridgehead atoms. The van der Waals surface area contributed by atoms with E-state index in [2.05, 4.69) is 22.8 Å². The van der Waals surface area contributed by atoms with Crippen LogP contribution in [0.1, 0.15) is 19.3 Å². The number of rotatable bonds is 4. The number of hydrazine groups is 1. The minimum absolute atomic E-state index is 0.00736. The molecule has 5 nitrogen and oxygen atoms in total. The Bertz CT molecular complexity index is 202. The Morgan fingerprint density at radius 3 is 2.67 bits per heavy atom. The molecule has 0 saturated carbocycles. The summed E-state index contributed by atoms with van der Waals surface area (Å²) >= 11 is 0. The van der Waals surface area contributed by atoms with Crippen molar-refractivity contribution in [3.63, 3.8) is 0 Å². The van der Waals surface area contributed by atoms with Crippen LogP contribution in [0.3, 0.4) is 0 Å². The zero-order valence-electron chi connectivity index (χ0n) is 9.62. The number of piperidine rings is 1. The van der Waals surface area contributed by atoms with Gasteiger partial charge in [0.25, 0.3) is 0 Å². The van der Waals surface area contributed by atoms with Crippen molar-refractivity contribution in [1.29, 1.82) is 0 Å². The van der Waals surface area contributed by atoms with Crippen LogP contribution in [0.5, 0.6) is 0 Å². The Labute approximate surface area is 91.3 Å². The first-order valence-electron chi connectivity index (χ1n) is 5.53. The number of hydrogen-bond acceptors (Lipinski definition) is 4. The number of nitrogens with two attached hydrogens (primary N) is 1. The quantitative estimate of drug-likeness (QED) is 0.541. The van der Waals surface area contributed by atoms with Crippen molar-refractivity contribution in [3.05, 3.63) is 0 Å². The van der Waals surface area contributed by atoms with Gasteiger partial charge in [-0.05, 0) is 38.9 Å². The number of carbonyl (C=O) groups excluding carboxylic acids is 1. The zero-order valence-corrected chi connectivity index (χ0v) is 9.62. The molecule has 5 heteroatoms. The molecule has 1 amide bonds. The summed E-state index contributed by atoms with van der Waals surface area (Å²) in [4.78, 5) is 13.6. The minimum atomic E-state index is -0.0241. The van der Waals surface area contributed by atoms with E-state index in [-0.39, 0.29) is 11.9 Å². The van der Waals surface area contributed by atoms with Gasteiger partial charge in [-0.25, -0.2) is 5.43 Å². The zero-order chi connectivity index (χ0) is 11.3. The van der Waals surface area contributed by atoms with E-state index in [1.54, 1.807) is 7.05 Å². The predicted octanol–water partition coefficient (Wildman–Crippen LogP) is -0.704. The molecule has 1 atom stereocenters. The molecule has 0 aromatic rings. The highest BCUT2D eigenvalue weighted by Crippen LogP contribution is 2.20. The fourth-order valence-corrected chi connectivity index (χ4v) is 2.03. The molecule has 0 aromatic carbocycles. The van der Waals surface area contributed by atoms with Gasteiger partial charge in [-0.3, -0.25) is 10.2 Å². The van der Waals surface area contributed by atoms with E-state index in [0.29, 0.717) is 12.3 Å². The summed E-state index contributed by atoms with van der Waals surface area (Å²) in [6.07, 6.45) is 2.62. The normalized spacial score (nSPS) is 21.3. The topological polar surface area (TPSA) is 70.4 Å². The fraction of sp³-hybridized carbons (Fsp3) is 0.900. The minimum Gasteiger partial charge on any atom is -0.327 e. The molecule has 1 unspecified atom stereocenters. The lowest BCUT2D eigenvalue weighted by molar-refractivity contribution is -0.122. The molecular weight excluding hydrogens is 192 g/mol. The monoisotopic (exact) mass is 214 g/mol. The van der Waals surface area contributed by atoms with E-state index < -0.39 is 0 Å². The summed E-state index contributed by atoms with van der Waals surface area (Å²) in [7, 11) is 3.80. The van der Waals surface area contributed by atoms with Gasteiger partial charge in [-0.15, -0.1) is 0 Å². The van der Waals surface area contributed by atoms with E-state index in [1.165, 1.54) is 0 Å². The second-order valence-electron chi connectivity index (χ2n) is 4.31. The summed E-state index contributed by atoms with van der Waals surface area (Å²) in [5, 5.41) is 0. The number of hydrogen-bond donors (Lipinski definition) is 3. The maximum Gasteiger partial charge on any atom is 0.235 e. The molecule has 4 N–H and O–H groups in total. The molecule has 1 saturated heterocycles. The Hall–Kier alpha value is -0.650. The molecule has 1 heterocycles. The fourth-order valence-electron chi connectivity index (χ4n) is 2.03. The lowest BCUT2D eigenvalue weighted by atomic mass is 9.88. The Morgan fingerprint density at radius 2 is 2.13 bits per heavy atom. The first kappa shape index (κ1) is 12.4. The average molecular weight is 214 g/mol. The number of nitrogens with one attached hydrogen (secondary N) is 2. The standard InChI is InChI=1S/C10H22N4O/c1-12-13-10(15)7-9(11)8-3-5-14(2)6-4-8/h8-9,12H,3-7,11H2,1-2H3,(H,13,15). The first-order valence-corrected chi connectivity index (χ1v) is 5.53. The summed E-state index contributed by atoms with van der Waals surface area (Å²) in [5.74, 6) is 0.465. The van der Waals surface area contributed by atoms with Crippen LogP contribution in [0.25, 0.3) is 0 Å². The average Bonchev–Trinajstić information content (AvgIpc) is 2.18. The third kappa shape index (κ3) is 4.15. The number of nitrogens with zero attached hydrogens (tertiary/aromatic N) is 1. The van der Waals surface area contributed by atoms with Crippen molar-refractivity contribution >= 4 is 5.91 Å². The first-order chi connectivity index (χ1) is 7.13. The van der Waals surface area contributed by atoms with Crippen LogP contribution in [0, 0.1) is 5.92 Å². The predicted molar refractivity (Wildman–Crippen MR) is 60.0 cm³/mol. The van der Waals surface area contributed by atoms with Crippen molar-refractivity contribution in [2.45, 2.75) is 25.3 Å². The molecule has 0 radical (unpaired) electrons. The molecule has 88 valence electrons. The van der Waals surface area contributed by atoms with Crippen LogP contribution in [0.4, 0.5) is 0 Å². The van der Waals surface area contributed by atoms with Crippen LogP contribution < -0.4 is 16.6 Å². The molecule has 0 aliphatic carbocycles. The van der Waals surface area contributed by atoms with Gasteiger partial charge in [0.05, 0.1) is 0 Å². The van der Waals surface area contributed by atoms with Crippen molar-refractivity contribution in [2.24, 2.45) is 11.7 Å². The van der Waals surface area contributed by atoms with Gasteiger partial charge < -0.3 is 10.6 Å². The molecule has 1 aliphatic rings. The van der Waals surface area contributed by atoms with Gasteiger partial charge in [-0.1, -0.05) is 0 Å². The van der Waals surface area contributed by atoms with Crippen LogP contribution in [0.15, 0.2) is 0 Å². The van der Waals surface area contributed by atoms with Gasteiger partial charge in [-0.2, -0.15) is 0 Å². The number of amides is 1. The van der Waals surface area contributed by atoms with E-state index in [0.717, 1.165) is 25.9 Å². The molecule has 1 rings (SSSR count). The van der Waals surface area contributed by atoms with E-state index >= 15 is 0 Å². The molecule has 1 aliphatic heterocycles. The van der Waals surface area contributed by atoms with Gasteiger partial charge >= 0.3 is 0 Å². The van der Waals surface area contributed by atoms with Crippen molar-refractivity contribution in [3.8, 4) is 0 Å². The molecule has 15 heavy (non-hydrogen) atoms. The lowest BCUT2D eigenvalue weighted by Gasteiger charge is -2.32. The van der Waals surface area contributed by atoms with Gasteiger partial charge in [0.15, 0.2) is 0 Å². The molecule has 0 spiro atoms. The third-order valence-electron chi connectivity index (χ3n) is 3.05. The van der Waals surface area contributed by atoms with Crippen LogP contribution in [0.2, 0.25) is 0 Å². The Balaban J connectivity index is 2.27. The van der Waals surface area contributed by atoms with Crippen LogP contribution >= 0.6 is 0 Å². The Kier molecular flexibility index (Phi) is 5.01. The smallest absolute Gasteiger partial charge is 0.235 e. The summed E-state index contributed by atoms with van der Waals surface area (Å²) in [6.45, 7) is 2.18. The van der Waals surface area contributed by atoms with E-state index in [1.807, 2.05) is 0 Å². The molecule has 1 fully saturated rings. The maximum absolute atomic E-state index is 11.3. The number of likely N-dealkylation sites (tertiary alicyclic amines) is 1.